The Labute approximate surface area is 167 Å². The molecule has 0 aliphatic heterocycles. The van der Waals surface area contributed by atoms with E-state index >= 15 is 0 Å². The first-order valence-electron chi connectivity index (χ1n) is 8.82. The molecule has 0 spiro atoms. The van der Waals surface area contributed by atoms with Crippen molar-refractivity contribution in [2.24, 2.45) is 0 Å². The maximum atomic E-state index is 14.1. The number of halogens is 1. The van der Waals surface area contributed by atoms with E-state index in [1.807, 2.05) is 12.1 Å². The zero-order valence-corrected chi connectivity index (χ0v) is 17.0. The van der Waals surface area contributed by atoms with Gasteiger partial charge in [-0.3, -0.25) is 4.79 Å². The smallest absolute Gasteiger partial charge is 0.234 e. The third kappa shape index (κ3) is 4.75. The molecule has 0 unspecified atom stereocenters. The van der Waals surface area contributed by atoms with Gasteiger partial charge in [-0.25, -0.2) is 4.39 Å². The fourth-order valence-corrected chi connectivity index (χ4v) is 3.30. The van der Waals surface area contributed by atoms with Crippen molar-refractivity contribution in [1.29, 1.82) is 0 Å². The van der Waals surface area contributed by atoms with Gasteiger partial charge in [0.2, 0.25) is 5.91 Å². The van der Waals surface area contributed by atoms with Crippen molar-refractivity contribution >= 4 is 23.4 Å². The molecule has 1 heterocycles. The number of amides is 1. The average molecular weight is 399 g/mol. The van der Waals surface area contributed by atoms with E-state index in [-0.39, 0.29) is 22.8 Å². The van der Waals surface area contributed by atoms with Gasteiger partial charge in [0.15, 0.2) is 5.82 Å². The summed E-state index contributed by atoms with van der Waals surface area (Å²) in [5.41, 5.74) is 2.02. The lowest BCUT2D eigenvalue weighted by atomic mass is 9.87. The molecule has 6 nitrogen and oxygen atoms in total. The number of nitrogens with one attached hydrogen (secondary N) is 1. The summed E-state index contributed by atoms with van der Waals surface area (Å²) >= 11 is 1.45. The van der Waals surface area contributed by atoms with Crippen LogP contribution in [0.15, 0.2) is 47.4 Å². The van der Waals surface area contributed by atoms with Crippen LogP contribution in [-0.2, 0) is 10.2 Å². The molecule has 0 bridgehead atoms. The van der Waals surface area contributed by atoms with Crippen molar-refractivity contribution in [2.75, 3.05) is 11.1 Å². The molecule has 0 aliphatic rings. The summed E-state index contributed by atoms with van der Waals surface area (Å²) < 4.78 is 15.4. The number of hydrogen-bond donors (Lipinski definition) is 1. The number of benzene rings is 2. The molecule has 8 heteroatoms. The van der Waals surface area contributed by atoms with E-state index in [2.05, 4.69) is 53.7 Å². The highest BCUT2D eigenvalue weighted by molar-refractivity contribution is 8.00. The molecule has 0 radical (unpaired) electrons. The Bertz CT molecular complexity index is 979. The first-order chi connectivity index (χ1) is 13.2. The molecule has 0 atom stereocenters. The number of nitrogens with zero attached hydrogens (tertiary/aromatic N) is 4. The summed E-state index contributed by atoms with van der Waals surface area (Å²) in [5.74, 6) is 0.0696. The van der Waals surface area contributed by atoms with E-state index in [0.717, 1.165) is 4.90 Å². The molecular formula is C20H22FN5OS. The molecule has 0 saturated heterocycles. The number of aryl methyl sites for hydroxylation is 1. The SMILES string of the molecule is Cc1nnnn1-c1cc(NC(=O)CSc2ccc(C(C)(C)C)cc2)ccc1F. The Morgan fingerprint density at radius 2 is 1.89 bits per heavy atom. The van der Waals surface area contributed by atoms with Gasteiger partial charge >= 0.3 is 0 Å². The van der Waals surface area contributed by atoms with Crippen molar-refractivity contribution in [3.8, 4) is 5.69 Å². The first-order valence-corrected chi connectivity index (χ1v) is 9.81. The number of hydrogen-bond acceptors (Lipinski definition) is 5. The monoisotopic (exact) mass is 399 g/mol. The molecule has 146 valence electrons. The highest BCUT2D eigenvalue weighted by atomic mass is 32.2. The minimum Gasteiger partial charge on any atom is -0.325 e. The molecule has 28 heavy (non-hydrogen) atoms. The Hall–Kier alpha value is -2.74. The van der Waals surface area contributed by atoms with Crippen LogP contribution in [0.3, 0.4) is 0 Å². The maximum Gasteiger partial charge on any atom is 0.234 e. The van der Waals surface area contributed by atoms with Crippen LogP contribution in [0.4, 0.5) is 10.1 Å². The minimum absolute atomic E-state index is 0.0961. The maximum absolute atomic E-state index is 14.1. The Morgan fingerprint density at radius 3 is 2.50 bits per heavy atom. The molecule has 1 N–H and O–H groups in total. The quantitative estimate of drug-likeness (QED) is 0.653. The number of rotatable bonds is 5. The molecule has 0 fully saturated rings. The van der Waals surface area contributed by atoms with Crippen molar-refractivity contribution in [3.63, 3.8) is 0 Å². The lowest BCUT2D eigenvalue weighted by Gasteiger charge is -2.19. The van der Waals surface area contributed by atoms with Gasteiger partial charge in [-0.05, 0) is 58.7 Å². The average Bonchev–Trinajstić information content (AvgIpc) is 3.07. The lowest BCUT2D eigenvalue weighted by molar-refractivity contribution is -0.113. The molecule has 3 rings (SSSR count). The van der Waals surface area contributed by atoms with Crippen LogP contribution in [0, 0.1) is 12.7 Å². The zero-order valence-electron chi connectivity index (χ0n) is 16.2. The van der Waals surface area contributed by atoms with E-state index in [1.54, 1.807) is 6.92 Å². The summed E-state index contributed by atoms with van der Waals surface area (Å²) in [5, 5.41) is 13.8. The van der Waals surface area contributed by atoms with Crippen LogP contribution >= 0.6 is 11.8 Å². The fourth-order valence-electron chi connectivity index (χ4n) is 2.60. The van der Waals surface area contributed by atoms with Gasteiger partial charge in [0.1, 0.15) is 11.5 Å². The van der Waals surface area contributed by atoms with Crippen molar-refractivity contribution in [3.05, 3.63) is 59.7 Å². The van der Waals surface area contributed by atoms with Gasteiger partial charge in [-0.15, -0.1) is 16.9 Å². The Balaban J connectivity index is 1.63. The van der Waals surface area contributed by atoms with E-state index in [9.17, 15) is 9.18 Å². The van der Waals surface area contributed by atoms with Crippen LogP contribution < -0.4 is 5.32 Å². The topological polar surface area (TPSA) is 72.7 Å². The number of tetrazole rings is 1. The second-order valence-electron chi connectivity index (χ2n) is 7.42. The zero-order chi connectivity index (χ0) is 20.3. The largest absolute Gasteiger partial charge is 0.325 e. The van der Waals surface area contributed by atoms with Crippen LogP contribution in [0.25, 0.3) is 5.69 Å². The second-order valence-corrected chi connectivity index (χ2v) is 8.46. The van der Waals surface area contributed by atoms with Crippen molar-refractivity contribution < 1.29 is 9.18 Å². The summed E-state index contributed by atoms with van der Waals surface area (Å²) in [7, 11) is 0. The third-order valence-electron chi connectivity index (χ3n) is 4.17. The molecule has 1 amide bonds. The van der Waals surface area contributed by atoms with E-state index < -0.39 is 5.82 Å². The molecule has 3 aromatic rings. The van der Waals surface area contributed by atoms with Crippen LogP contribution in [0.2, 0.25) is 0 Å². The predicted octanol–water partition coefficient (Wildman–Crippen LogP) is 4.14. The Kier molecular flexibility index (Phi) is 5.79. The molecule has 0 aliphatic carbocycles. The van der Waals surface area contributed by atoms with Gasteiger partial charge in [0, 0.05) is 10.6 Å². The molecule has 1 aromatic heterocycles. The number of aromatic nitrogens is 4. The first kappa shape index (κ1) is 20.0. The van der Waals surface area contributed by atoms with E-state index in [4.69, 9.17) is 0 Å². The van der Waals surface area contributed by atoms with Crippen molar-refractivity contribution in [1.82, 2.24) is 20.2 Å². The third-order valence-corrected chi connectivity index (χ3v) is 5.19. The number of carbonyl (C=O) groups excluding carboxylic acids is 1. The van der Waals surface area contributed by atoms with E-state index in [1.165, 1.54) is 40.2 Å². The highest BCUT2D eigenvalue weighted by Crippen LogP contribution is 2.26. The summed E-state index contributed by atoms with van der Waals surface area (Å²) in [6.45, 7) is 8.16. The van der Waals surface area contributed by atoms with Crippen LogP contribution in [0.1, 0.15) is 32.2 Å². The van der Waals surface area contributed by atoms with E-state index in [0.29, 0.717) is 11.5 Å². The minimum atomic E-state index is -0.471. The van der Waals surface area contributed by atoms with Gasteiger partial charge in [0.25, 0.3) is 0 Å². The summed E-state index contributed by atoms with van der Waals surface area (Å²) in [6, 6.07) is 12.5. The predicted molar refractivity (Wildman–Crippen MR) is 108 cm³/mol. The van der Waals surface area contributed by atoms with Gasteiger partial charge < -0.3 is 5.32 Å². The van der Waals surface area contributed by atoms with Gasteiger partial charge in [0.05, 0.1) is 5.75 Å². The second kappa shape index (κ2) is 8.10. The van der Waals surface area contributed by atoms with Gasteiger partial charge in [-0.2, -0.15) is 4.68 Å². The normalized spacial score (nSPS) is 11.5. The summed E-state index contributed by atoms with van der Waals surface area (Å²) in [4.78, 5) is 13.3. The number of anilines is 1. The number of carbonyl (C=O) groups is 1. The molecular weight excluding hydrogens is 377 g/mol. The fraction of sp³-hybridized carbons (Fsp3) is 0.300. The Morgan fingerprint density at radius 1 is 1.18 bits per heavy atom. The van der Waals surface area contributed by atoms with Crippen LogP contribution in [-0.4, -0.2) is 31.9 Å². The molecule has 2 aromatic carbocycles. The highest BCUT2D eigenvalue weighted by Gasteiger charge is 2.14. The molecule has 0 saturated carbocycles. The lowest BCUT2D eigenvalue weighted by Crippen LogP contribution is -2.15. The summed E-state index contributed by atoms with van der Waals surface area (Å²) in [6.07, 6.45) is 0. The van der Waals surface area contributed by atoms with Crippen molar-refractivity contribution in [2.45, 2.75) is 38.0 Å². The van der Waals surface area contributed by atoms with Gasteiger partial charge in [-0.1, -0.05) is 32.9 Å². The number of thioether (sulfide) groups is 1. The van der Waals surface area contributed by atoms with Crippen LogP contribution in [0.5, 0.6) is 0 Å². The standard InChI is InChI=1S/C20H22FN5OS/c1-13-23-24-25-26(13)18-11-15(7-10-17(18)21)22-19(27)12-28-16-8-5-14(6-9-16)20(2,3)4/h5-11H,12H2,1-4H3,(H,22,27).